The lowest BCUT2D eigenvalue weighted by Gasteiger charge is -2.25. The molecule has 0 saturated heterocycles. The first-order valence-electron chi connectivity index (χ1n) is 7.81. The third-order valence-electron chi connectivity index (χ3n) is 4.06. The third kappa shape index (κ3) is 3.30. The summed E-state index contributed by atoms with van der Waals surface area (Å²) in [6.07, 6.45) is 3.95. The van der Waals surface area contributed by atoms with E-state index in [4.69, 9.17) is 9.47 Å². The molecule has 0 spiro atoms. The Balaban J connectivity index is 1.63. The quantitative estimate of drug-likeness (QED) is 0.734. The Hall–Kier alpha value is -2.29. The van der Waals surface area contributed by atoms with Gasteiger partial charge in [-0.2, -0.15) is 0 Å². The maximum atomic E-state index is 11.6. The highest BCUT2D eigenvalue weighted by molar-refractivity contribution is 5.89. The van der Waals surface area contributed by atoms with Gasteiger partial charge >= 0.3 is 5.97 Å². The molecule has 0 atom stereocenters. The SMILES string of the molecule is CCOC(=O)c1ccc(Oc2ccc(C3CCC3)cc2)cc1. The maximum Gasteiger partial charge on any atom is 0.338 e. The summed E-state index contributed by atoms with van der Waals surface area (Å²) >= 11 is 0. The van der Waals surface area contributed by atoms with Crippen molar-refractivity contribution in [1.82, 2.24) is 0 Å². The van der Waals surface area contributed by atoms with E-state index in [1.165, 1.54) is 24.8 Å². The first-order valence-corrected chi connectivity index (χ1v) is 7.81. The molecule has 1 aliphatic rings. The zero-order valence-electron chi connectivity index (χ0n) is 12.7. The molecule has 2 aromatic rings. The average molecular weight is 296 g/mol. The van der Waals surface area contributed by atoms with Gasteiger partial charge < -0.3 is 9.47 Å². The highest BCUT2D eigenvalue weighted by atomic mass is 16.5. The van der Waals surface area contributed by atoms with Gasteiger partial charge in [0.15, 0.2) is 0 Å². The Morgan fingerprint density at radius 3 is 2.09 bits per heavy atom. The lowest BCUT2D eigenvalue weighted by molar-refractivity contribution is 0.0526. The number of hydrogen-bond donors (Lipinski definition) is 0. The van der Waals surface area contributed by atoms with Crippen molar-refractivity contribution < 1.29 is 14.3 Å². The summed E-state index contributed by atoms with van der Waals surface area (Å²) in [4.78, 5) is 11.6. The summed E-state index contributed by atoms with van der Waals surface area (Å²) in [5.74, 6) is 1.95. The largest absolute Gasteiger partial charge is 0.462 e. The fourth-order valence-electron chi connectivity index (χ4n) is 2.56. The Morgan fingerprint density at radius 2 is 1.59 bits per heavy atom. The standard InChI is InChI=1S/C19H20O3/c1-2-21-19(20)16-8-12-18(13-9-16)22-17-10-6-15(7-11-17)14-4-3-5-14/h6-14H,2-5H2,1H3. The van der Waals surface area contributed by atoms with E-state index in [9.17, 15) is 4.79 Å². The van der Waals surface area contributed by atoms with Gasteiger partial charge in [-0.05, 0) is 67.6 Å². The van der Waals surface area contributed by atoms with Crippen LogP contribution in [0.1, 0.15) is 48.0 Å². The molecule has 2 aromatic carbocycles. The number of benzene rings is 2. The smallest absolute Gasteiger partial charge is 0.338 e. The van der Waals surface area contributed by atoms with E-state index in [1.54, 1.807) is 31.2 Å². The van der Waals surface area contributed by atoms with Crippen LogP contribution in [0.25, 0.3) is 0 Å². The highest BCUT2D eigenvalue weighted by Crippen LogP contribution is 2.37. The molecular weight excluding hydrogens is 276 g/mol. The van der Waals surface area contributed by atoms with Gasteiger partial charge in [-0.1, -0.05) is 18.6 Å². The first kappa shape index (κ1) is 14.6. The molecule has 0 radical (unpaired) electrons. The summed E-state index contributed by atoms with van der Waals surface area (Å²) in [5, 5.41) is 0. The number of hydrogen-bond acceptors (Lipinski definition) is 3. The Morgan fingerprint density at radius 1 is 1.00 bits per heavy atom. The van der Waals surface area contributed by atoms with E-state index >= 15 is 0 Å². The molecule has 0 aliphatic heterocycles. The van der Waals surface area contributed by atoms with Crippen LogP contribution in [0.5, 0.6) is 11.5 Å². The van der Waals surface area contributed by atoms with Crippen molar-refractivity contribution in [2.45, 2.75) is 32.1 Å². The minimum atomic E-state index is -0.307. The molecule has 3 heteroatoms. The van der Waals surface area contributed by atoms with Crippen LogP contribution in [-0.2, 0) is 4.74 Å². The van der Waals surface area contributed by atoms with Crippen LogP contribution in [0.2, 0.25) is 0 Å². The predicted octanol–water partition coefficient (Wildman–Crippen LogP) is 4.92. The second-order valence-electron chi connectivity index (χ2n) is 5.54. The van der Waals surface area contributed by atoms with E-state index in [1.807, 2.05) is 12.1 Å². The second kappa shape index (κ2) is 6.65. The van der Waals surface area contributed by atoms with Gasteiger partial charge in [0.25, 0.3) is 0 Å². The number of rotatable bonds is 5. The molecule has 0 N–H and O–H groups in total. The molecule has 114 valence electrons. The van der Waals surface area contributed by atoms with E-state index in [-0.39, 0.29) is 5.97 Å². The molecule has 3 nitrogen and oxygen atoms in total. The van der Waals surface area contributed by atoms with E-state index in [0.717, 1.165) is 11.7 Å². The molecule has 0 unspecified atom stereocenters. The zero-order chi connectivity index (χ0) is 15.4. The monoisotopic (exact) mass is 296 g/mol. The van der Waals surface area contributed by atoms with Gasteiger partial charge in [-0.3, -0.25) is 0 Å². The van der Waals surface area contributed by atoms with Crippen LogP contribution < -0.4 is 4.74 Å². The lowest BCUT2D eigenvalue weighted by Crippen LogP contribution is -2.08. The van der Waals surface area contributed by atoms with Gasteiger partial charge in [0.1, 0.15) is 11.5 Å². The number of carbonyl (C=O) groups is 1. The van der Waals surface area contributed by atoms with Gasteiger partial charge in [-0.15, -0.1) is 0 Å². The summed E-state index contributed by atoms with van der Waals surface area (Å²) in [6, 6.07) is 15.3. The van der Waals surface area contributed by atoms with Crippen molar-refractivity contribution in [3.63, 3.8) is 0 Å². The minimum Gasteiger partial charge on any atom is -0.462 e. The normalized spacial score (nSPS) is 14.2. The molecule has 0 heterocycles. The summed E-state index contributed by atoms with van der Waals surface area (Å²) in [5.41, 5.74) is 1.94. The van der Waals surface area contributed by atoms with E-state index in [0.29, 0.717) is 17.9 Å². The maximum absolute atomic E-state index is 11.6. The van der Waals surface area contributed by atoms with Crippen molar-refractivity contribution in [3.05, 3.63) is 59.7 Å². The number of ether oxygens (including phenoxy) is 2. The van der Waals surface area contributed by atoms with Crippen molar-refractivity contribution in [3.8, 4) is 11.5 Å². The van der Waals surface area contributed by atoms with Gasteiger partial charge in [0, 0.05) is 0 Å². The van der Waals surface area contributed by atoms with E-state index < -0.39 is 0 Å². The predicted molar refractivity (Wildman–Crippen MR) is 85.5 cm³/mol. The first-order chi connectivity index (χ1) is 10.8. The van der Waals surface area contributed by atoms with Crippen molar-refractivity contribution >= 4 is 5.97 Å². The van der Waals surface area contributed by atoms with Gasteiger partial charge in [0.2, 0.25) is 0 Å². The third-order valence-corrected chi connectivity index (χ3v) is 4.06. The summed E-state index contributed by atoms with van der Waals surface area (Å²) < 4.78 is 10.8. The van der Waals surface area contributed by atoms with Gasteiger partial charge in [0.05, 0.1) is 12.2 Å². The Bertz CT molecular complexity index is 625. The fourth-order valence-corrected chi connectivity index (χ4v) is 2.56. The topological polar surface area (TPSA) is 35.5 Å². The molecule has 0 bridgehead atoms. The molecule has 3 rings (SSSR count). The molecule has 22 heavy (non-hydrogen) atoms. The minimum absolute atomic E-state index is 0.307. The highest BCUT2D eigenvalue weighted by Gasteiger charge is 2.19. The fraction of sp³-hybridized carbons (Fsp3) is 0.316. The molecule has 1 aliphatic carbocycles. The van der Waals surface area contributed by atoms with Crippen LogP contribution in [0.4, 0.5) is 0 Å². The molecule has 1 saturated carbocycles. The van der Waals surface area contributed by atoms with Crippen molar-refractivity contribution in [2.24, 2.45) is 0 Å². The summed E-state index contributed by atoms with van der Waals surface area (Å²) in [7, 11) is 0. The second-order valence-corrected chi connectivity index (χ2v) is 5.54. The van der Waals surface area contributed by atoms with Crippen molar-refractivity contribution in [1.29, 1.82) is 0 Å². The zero-order valence-corrected chi connectivity index (χ0v) is 12.7. The Kier molecular flexibility index (Phi) is 4.42. The van der Waals surface area contributed by atoms with Crippen LogP contribution in [-0.4, -0.2) is 12.6 Å². The number of esters is 1. The van der Waals surface area contributed by atoms with Crippen LogP contribution in [0.15, 0.2) is 48.5 Å². The Labute approximate surface area is 130 Å². The van der Waals surface area contributed by atoms with E-state index in [2.05, 4.69) is 12.1 Å². The summed E-state index contributed by atoms with van der Waals surface area (Å²) in [6.45, 7) is 2.17. The van der Waals surface area contributed by atoms with Crippen LogP contribution in [0.3, 0.4) is 0 Å². The molecule has 1 fully saturated rings. The molecular formula is C19H20O3. The van der Waals surface area contributed by atoms with Crippen LogP contribution in [0, 0.1) is 0 Å². The van der Waals surface area contributed by atoms with Gasteiger partial charge in [-0.25, -0.2) is 4.79 Å². The lowest BCUT2D eigenvalue weighted by atomic mass is 9.80. The average Bonchev–Trinajstić information content (AvgIpc) is 2.48. The van der Waals surface area contributed by atoms with Crippen LogP contribution >= 0.6 is 0 Å². The molecule has 0 amide bonds. The number of carbonyl (C=O) groups excluding carboxylic acids is 1. The van der Waals surface area contributed by atoms with Crippen molar-refractivity contribution in [2.75, 3.05) is 6.61 Å². The molecule has 0 aromatic heterocycles.